The summed E-state index contributed by atoms with van der Waals surface area (Å²) < 4.78 is 22.9. The standard InChI is InChI=1S/C22H21BrO6/c1-14(24)26-9-11-28-21-17-5-3-4-6-18(17)22(29-12-10-27-15(2)25)20-13-16(23)7-8-19(20)21/h3-8,13H,9-12H2,1-2H3. The largest absolute Gasteiger partial charge is 0.489 e. The van der Waals surface area contributed by atoms with E-state index in [1.807, 2.05) is 42.5 Å². The normalized spacial score (nSPS) is 10.7. The third-order valence-electron chi connectivity index (χ3n) is 4.16. The maximum atomic E-state index is 11.0. The van der Waals surface area contributed by atoms with Gasteiger partial charge in [-0.1, -0.05) is 40.2 Å². The summed E-state index contributed by atoms with van der Waals surface area (Å²) in [5.41, 5.74) is 0. The number of halogens is 1. The molecule has 3 rings (SSSR count). The summed E-state index contributed by atoms with van der Waals surface area (Å²) in [4.78, 5) is 22.0. The lowest BCUT2D eigenvalue weighted by Crippen LogP contribution is -2.11. The van der Waals surface area contributed by atoms with Gasteiger partial charge in [0.25, 0.3) is 0 Å². The van der Waals surface area contributed by atoms with E-state index in [2.05, 4.69) is 15.9 Å². The highest BCUT2D eigenvalue weighted by molar-refractivity contribution is 9.10. The minimum Gasteiger partial charge on any atom is -0.489 e. The van der Waals surface area contributed by atoms with Crippen molar-refractivity contribution in [3.05, 3.63) is 46.9 Å². The summed E-state index contributed by atoms with van der Waals surface area (Å²) in [7, 11) is 0. The van der Waals surface area contributed by atoms with Crippen LogP contribution in [0.2, 0.25) is 0 Å². The van der Waals surface area contributed by atoms with Crippen molar-refractivity contribution < 1.29 is 28.5 Å². The number of hydrogen-bond donors (Lipinski definition) is 0. The molecule has 0 atom stereocenters. The maximum Gasteiger partial charge on any atom is 0.302 e. The Balaban J connectivity index is 2.03. The van der Waals surface area contributed by atoms with Gasteiger partial charge in [-0.25, -0.2) is 0 Å². The molecule has 0 aromatic heterocycles. The first-order chi connectivity index (χ1) is 14.0. The van der Waals surface area contributed by atoms with Crippen LogP contribution >= 0.6 is 15.9 Å². The molecule has 0 radical (unpaired) electrons. The summed E-state index contributed by atoms with van der Waals surface area (Å²) in [6.45, 7) is 3.54. The van der Waals surface area contributed by atoms with E-state index >= 15 is 0 Å². The fourth-order valence-corrected chi connectivity index (χ4v) is 3.40. The zero-order chi connectivity index (χ0) is 20.8. The van der Waals surface area contributed by atoms with Gasteiger partial charge >= 0.3 is 11.9 Å². The molecule has 0 saturated heterocycles. The van der Waals surface area contributed by atoms with E-state index in [1.54, 1.807) is 0 Å². The van der Waals surface area contributed by atoms with Crippen LogP contribution in [0.25, 0.3) is 21.5 Å². The Bertz CT molecular complexity index is 1050. The minimum atomic E-state index is -0.345. The third kappa shape index (κ3) is 5.17. The highest BCUT2D eigenvalue weighted by atomic mass is 79.9. The van der Waals surface area contributed by atoms with Gasteiger partial charge in [-0.3, -0.25) is 9.59 Å². The number of esters is 2. The Hall–Kier alpha value is -2.80. The third-order valence-corrected chi connectivity index (χ3v) is 4.65. The Labute approximate surface area is 176 Å². The van der Waals surface area contributed by atoms with Crippen LogP contribution in [0, 0.1) is 0 Å². The Kier molecular flexibility index (Phi) is 6.93. The molecule has 0 bridgehead atoms. The van der Waals surface area contributed by atoms with E-state index in [4.69, 9.17) is 18.9 Å². The smallest absolute Gasteiger partial charge is 0.302 e. The van der Waals surface area contributed by atoms with Gasteiger partial charge in [0.2, 0.25) is 0 Å². The Morgan fingerprint density at radius 1 is 0.724 bits per heavy atom. The van der Waals surface area contributed by atoms with E-state index in [9.17, 15) is 9.59 Å². The summed E-state index contributed by atoms with van der Waals surface area (Å²) in [5.74, 6) is 0.699. The van der Waals surface area contributed by atoms with Crippen LogP contribution in [0.3, 0.4) is 0 Å². The van der Waals surface area contributed by atoms with Gasteiger partial charge in [-0.2, -0.15) is 0 Å². The van der Waals surface area contributed by atoms with Gasteiger partial charge in [0.15, 0.2) is 0 Å². The van der Waals surface area contributed by atoms with Gasteiger partial charge < -0.3 is 18.9 Å². The fourth-order valence-electron chi connectivity index (χ4n) is 3.04. The van der Waals surface area contributed by atoms with Crippen molar-refractivity contribution in [2.75, 3.05) is 26.4 Å². The number of hydrogen-bond acceptors (Lipinski definition) is 6. The molecule has 0 aliphatic rings. The van der Waals surface area contributed by atoms with Crippen molar-refractivity contribution in [1.82, 2.24) is 0 Å². The van der Waals surface area contributed by atoms with Crippen LogP contribution < -0.4 is 9.47 Å². The molecule has 0 unspecified atom stereocenters. The van der Waals surface area contributed by atoms with Crippen LogP contribution in [0.1, 0.15) is 13.8 Å². The van der Waals surface area contributed by atoms with E-state index in [0.29, 0.717) is 11.5 Å². The monoisotopic (exact) mass is 460 g/mol. The van der Waals surface area contributed by atoms with Crippen LogP contribution in [0.15, 0.2) is 46.9 Å². The second kappa shape index (κ2) is 9.60. The predicted octanol–water partition coefficient (Wildman–Crippen LogP) is 4.64. The van der Waals surface area contributed by atoms with Crippen LogP contribution in [0.5, 0.6) is 11.5 Å². The zero-order valence-corrected chi connectivity index (χ0v) is 17.8. The molecule has 0 spiro atoms. The Morgan fingerprint density at radius 3 is 1.72 bits per heavy atom. The summed E-state index contributed by atoms with van der Waals surface area (Å²) in [5, 5.41) is 3.50. The summed E-state index contributed by atoms with van der Waals surface area (Å²) in [6, 6.07) is 13.6. The number of ether oxygens (including phenoxy) is 4. The van der Waals surface area contributed by atoms with Crippen molar-refractivity contribution in [1.29, 1.82) is 0 Å². The second-order valence-electron chi connectivity index (χ2n) is 6.27. The fraction of sp³-hybridized carbons (Fsp3) is 0.273. The van der Waals surface area contributed by atoms with E-state index < -0.39 is 0 Å². The van der Waals surface area contributed by atoms with Gasteiger partial charge in [0.05, 0.1) is 0 Å². The topological polar surface area (TPSA) is 71.1 Å². The molecule has 29 heavy (non-hydrogen) atoms. The summed E-state index contributed by atoms with van der Waals surface area (Å²) in [6.07, 6.45) is 0. The summed E-state index contributed by atoms with van der Waals surface area (Å²) >= 11 is 3.51. The maximum absolute atomic E-state index is 11.0. The molecule has 0 N–H and O–H groups in total. The molecule has 3 aromatic rings. The lowest BCUT2D eigenvalue weighted by molar-refractivity contribution is -0.142. The molecule has 152 valence electrons. The van der Waals surface area contributed by atoms with Crippen LogP contribution in [-0.2, 0) is 19.1 Å². The molecule has 3 aromatic carbocycles. The van der Waals surface area contributed by atoms with Crippen LogP contribution in [-0.4, -0.2) is 38.4 Å². The molecule has 0 heterocycles. The van der Waals surface area contributed by atoms with Gasteiger partial charge in [-0.15, -0.1) is 0 Å². The number of carbonyl (C=O) groups is 2. The molecule has 0 fully saturated rings. The number of fused-ring (bicyclic) bond motifs is 2. The molecular weight excluding hydrogens is 440 g/mol. The van der Waals surface area contributed by atoms with Crippen molar-refractivity contribution in [3.8, 4) is 11.5 Å². The predicted molar refractivity (Wildman–Crippen MR) is 113 cm³/mol. The quantitative estimate of drug-likeness (QED) is 0.277. The van der Waals surface area contributed by atoms with Crippen molar-refractivity contribution in [3.63, 3.8) is 0 Å². The average Bonchev–Trinajstić information content (AvgIpc) is 2.68. The lowest BCUT2D eigenvalue weighted by Gasteiger charge is -2.18. The van der Waals surface area contributed by atoms with Gasteiger partial charge in [0, 0.05) is 39.9 Å². The van der Waals surface area contributed by atoms with E-state index in [1.165, 1.54) is 13.8 Å². The van der Waals surface area contributed by atoms with E-state index in [0.717, 1.165) is 26.0 Å². The molecule has 0 aliphatic heterocycles. The lowest BCUT2D eigenvalue weighted by atomic mass is 10.0. The highest BCUT2D eigenvalue weighted by Crippen LogP contribution is 2.43. The van der Waals surface area contributed by atoms with Crippen molar-refractivity contribution in [2.45, 2.75) is 13.8 Å². The highest BCUT2D eigenvalue weighted by Gasteiger charge is 2.16. The van der Waals surface area contributed by atoms with Crippen LogP contribution in [0.4, 0.5) is 0 Å². The molecule has 0 aliphatic carbocycles. The molecule has 6 nitrogen and oxygen atoms in total. The van der Waals surface area contributed by atoms with Gasteiger partial charge in [0.1, 0.15) is 37.9 Å². The number of benzene rings is 3. The average molecular weight is 461 g/mol. The molecule has 0 amide bonds. The molecular formula is C22H21BrO6. The molecule has 7 heteroatoms. The molecule has 0 saturated carbocycles. The van der Waals surface area contributed by atoms with E-state index in [-0.39, 0.29) is 38.4 Å². The minimum absolute atomic E-state index is 0.166. The van der Waals surface area contributed by atoms with Crippen molar-refractivity contribution >= 4 is 49.4 Å². The second-order valence-corrected chi connectivity index (χ2v) is 7.19. The van der Waals surface area contributed by atoms with Crippen molar-refractivity contribution in [2.24, 2.45) is 0 Å². The number of rotatable bonds is 8. The van der Waals surface area contributed by atoms with Gasteiger partial charge in [-0.05, 0) is 18.2 Å². The first-order valence-electron chi connectivity index (χ1n) is 9.13. The first-order valence-corrected chi connectivity index (χ1v) is 9.93. The first kappa shape index (κ1) is 20.9. The Morgan fingerprint density at radius 2 is 1.21 bits per heavy atom. The zero-order valence-electron chi connectivity index (χ0n) is 16.2. The SMILES string of the molecule is CC(=O)OCCOc1c2ccccc2c(OCCOC(C)=O)c2cc(Br)ccc12. The number of carbonyl (C=O) groups excluding carboxylic acids is 2.